The number of para-hydroxylation sites is 3. The van der Waals surface area contributed by atoms with Gasteiger partial charge < -0.3 is 14.5 Å². The summed E-state index contributed by atoms with van der Waals surface area (Å²) in [7, 11) is 0. The van der Waals surface area contributed by atoms with Crippen LogP contribution in [0.5, 0.6) is 11.5 Å². The predicted molar refractivity (Wildman–Crippen MR) is 216 cm³/mol. The summed E-state index contributed by atoms with van der Waals surface area (Å²) < 4.78 is 6.66. The van der Waals surface area contributed by atoms with Crippen LogP contribution in [0.1, 0.15) is 25.0 Å². The number of rotatable bonds is 5. The zero-order valence-electron chi connectivity index (χ0n) is 29.1. The Morgan fingerprint density at radius 2 is 1.04 bits per heavy atom. The van der Waals surface area contributed by atoms with E-state index < -0.39 is 0 Å². The first-order chi connectivity index (χ1) is 25.5. The highest BCUT2D eigenvalue weighted by Crippen LogP contribution is 2.61. The lowest BCUT2D eigenvalue weighted by molar-refractivity contribution is 0.472. The van der Waals surface area contributed by atoms with Crippen LogP contribution in [-0.4, -0.2) is 0 Å². The molecule has 8 aromatic carbocycles. The number of nitrogens with zero attached hydrogens (tertiary/aromatic N) is 2. The van der Waals surface area contributed by atoms with E-state index in [-0.39, 0.29) is 5.41 Å². The SMILES string of the molecule is CC1(C)c2ccc(-c3cccc(-c4cccc(N(c5ccccc5)c5ccccc5)c4)c3)cc2N2c3c(cccc31)Oc1ccc3ccccc3c12. The Hall–Kier alpha value is -6.58. The van der Waals surface area contributed by atoms with Crippen molar-refractivity contribution in [1.82, 2.24) is 0 Å². The normalized spacial score (nSPS) is 13.5. The summed E-state index contributed by atoms with van der Waals surface area (Å²) in [6.07, 6.45) is 0. The van der Waals surface area contributed by atoms with Gasteiger partial charge in [-0.2, -0.15) is 0 Å². The lowest BCUT2D eigenvalue weighted by atomic mass is 9.72. The van der Waals surface area contributed by atoms with Gasteiger partial charge in [0.15, 0.2) is 11.5 Å². The molecule has 0 bridgehead atoms. The van der Waals surface area contributed by atoms with Gasteiger partial charge in [-0.1, -0.05) is 135 Å². The van der Waals surface area contributed by atoms with Crippen LogP contribution in [-0.2, 0) is 5.41 Å². The monoisotopic (exact) mass is 668 g/mol. The number of anilines is 6. The van der Waals surface area contributed by atoms with Crippen LogP contribution in [0.2, 0.25) is 0 Å². The van der Waals surface area contributed by atoms with Gasteiger partial charge in [-0.15, -0.1) is 0 Å². The fourth-order valence-electron chi connectivity index (χ4n) is 8.23. The van der Waals surface area contributed by atoms with Crippen molar-refractivity contribution in [2.45, 2.75) is 19.3 Å². The van der Waals surface area contributed by atoms with Crippen LogP contribution in [0.4, 0.5) is 34.1 Å². The molecule has 0 radical (unpaired) electrons. The zero-order valence-corrected chi connectivity index (χ0v) is 29.1. The molecule has 0 unspecified atom stereocenters. The van der Waals surface area contributed by atoms with E-state index in [1.807, 2.05) is 0 Å². The van der Waals surface area contributed by atoms with Crippen LogP contribution < -0.4 is 14.5 Å². The Morgan fingerprint density at radius 1 is 0.442 bits per heavy atom. The Kier molecular flexibility index (Phi) is 6.84. The highest BCUT2D eigenvalue weighted by Gasteiger charge is 2.42. The first-order valence-corrected chi connectivity index (χ1v) is 17.9. The zero-order chi connectivity index (χ0) is 34.8. The van der Waals surface area contributed by atoms with Crippen molar-refractivity contribution in [2.75, 3.05) is 9.80 Å². The van der Waals surface area contributed by atoms with Gasteiger partial charge in [-0.05, 0) is 99.4 Å². The number of hydrogen-bond acceptors (Lipinski definition) is 3. The maximum atomic E-state index is 6.66. The minimum absolute atomic E-state index is 0.215. The van der Waals surface area contributed by atoms with Gasteiger partial charge in [-0.25, -0.2) is 0 Å². The highest BCUT2D eigenvalue weighted by atomic mass is 16.5. The largest absolute Gasteiger partial charge is 0.453 e. The van der Waals surface area contributed by atoms with Crippen LogP contribution in [0, 0.1) is 0 Å². The predicted octanol–water partition coefficient (Wildman–Crippen LogP) is 13.9. The molecule has 2 aliphatic heterocycles. The Labute approximate surface area is 304 Å². The van der Waals surface area contributed by atoms with Crippen molar-refractivity contribution in [3.63, 3.8) is 0 Å². The molecule has 2 heterocycles. The van der Waals surface area contributed by atoms with Crippen molar-refractivity contribution in [1.29, 1.82) is 0 Å². The van der Waals surface area contributed by atoms with Crippen molar-refractivity contribution in [3.05, 3.63) is 193 Å². The number of ether oxygens (including phenoxy) is 1. The van der Waals surface area contributed by atoms with Gasteiger partial charge in [0.1, 0.15) is 0 Å². The first kappa shape index (κ1) is 30.3. The topological polar surface area (TPSA) is 15.7 Å². The molecule has 0 aliphatic carbocycles. The second-order valence-electron chi connectivity index (χ2n) is 14.2. The minimum atomic E-state index is -0.215. The Bertz CT molecular complexity index is 2600. The molecule has 3 nitrogen and oxygen atoms in total. The van der Waals surface area contributed by atoms with Gasteiger partial charge >= 0.3 is 0 Å². The molecule has 10 rings (SSSR count). The maximum absolute atomic E-state index is 6.66. The second-order valence-corrected chi connectivity index (χ2v) is 14.2. The summed E-state index contributed by atoms with van der Waals surface area (Å²) in [5, 5.41) is 2.37. The summed E-state index contributed by atoms with van der Waals surface area (Å²) in [4.78, 5) is 4.78. The minimum Gasteiger partial charge on any atom is -0.453 e. The lowest BCUT2D eigenvalue weighted by Crippen LogP contribution is -2.32. The number of hydrogen-bond donors (Lipinski definition) is 0. The highest BCUT2D eigenvalue weighted by molar-refractivity contribution is 6.06. The molecule has 0 saturated carbocycles. The summed E-state index contributed by atoms with van der Waals surface area (Å²) in [6.45, 7) is 4.66. The third kappa shape index (κ3) is 4.74. The molecule has 0 amide bonds. The molecule has 0 saturated heterocycles. The van der Waals surface area contributed by atoms with Crippen LogP contribution >= 0.6 is 0 Å². The Balaban J connectivity index is 1.10. The van der Waals surface area contributed by atoms with Crippen LogP contribution in [0.15, 0.2) is 182 Å². The number of benzene rings is 8. The van der Waals surface area contributed by atoms with Gasteiger partial charge in [0, 0.05) is 27.9 Å². The molecule has 2 aliphatic rings. The van der Waals surface area contributed by atoms with Crippen LogP contribution in [0.3, 0.4) is 0 Å². The van der Waals surface area contributed by atoms with Gasteiger partial charge in [0.25, 0.3) is 0 Å². The van der Waals surface area contributed by atoms with E-state index in [0.29, 0.717) is 0 Å². The maximum Gasteiger partial charge on any atom is 0.152 e. The standard InChI is InChI=1S/C49H36N2O/c1-49(2)42-28-26-37(32-44(42)51-47-41-23-10-9-14-33(41)27-29-46(47)52-45-25-13-24-43(49)48(45)51)35-16-11-15-34(30-35)36-17-12-22-40(31-36)50(38-18-5-3-6-19-38)39-20-7-4-8-21-39/h3-32H,1-2H3. The summed E-state index contributed by atoms with van der Waals surface area (Å²) in [5.41, 5.74) is 13.8. The average Bonchev–Trinajstić information content (AvgIpc) is 3.20. The third-order valence-electron chi connectivity index (χ3n) is 10.8. The summed E-state index contributed by atoms with van der Waals surface area (Å²) in [6, 6.07) is 65.3. The van der Waals surface area contributed by atoms with Gasteiger partial charge in [0.2, 0.25) is 0 Å². The van der Waals surface area contributed by atoms with E-state index >= 15 is 0 Å². The van der Waals surface area contributed by atoms with Crippen molar-refractivity contribution in [2.24, 2.45) is 0 Å². The van der Waals surface area contributed by atoms with Gasteiger partial charge in [-0.3, -0.25) is 0 Å². The molecule has 248 valence electrons. The van der Waals surface area contributed by atoms with E-state index in [1.54, 1.807) is 0 Å². The molecule has 3 heteroatoms. The fourth-order valence-corrected chi connectivity index (χ4v) is 8.23. The summed E-state index contributed by atoms with van der Waals surface area (Å²) in [5.74, 6) is 1.77. The van der Waals surface area contributed by atoms with Crippen molar-refractivity contribution < 1.29 is 4.74 Å². The molecule has 0 aromatic heterocycles. The first-order valence-electron chi connectivity index (χ1n) is 17.9. The van der Waals surface area contributed by atoms with E-state index in [2.05, 4.69) is 206 Å². The van der Waals surface area contributed by atoms with Crippen molar-refractivity contribution in [3.8, 4) is 33.8 Å². The third-order valence-corrected chi connectivity index (χ3v) is 10.8. The van der Waals surface area contributed by atoms with Crippen molar-refractivity contribution >= 4 is 44.9 Å². The Morgan fingerprint density at radius 3 is 1.79 bits per heavy atom. The van der Waals surface area contributed by atoms with Gasteiger partial charge in [0.05, 0.1) is 17.1 Å². The molecule has 52 heavy (non-hydrogen) atoms. The van der Waals surface area contributed by atoms with E-state index in [4.69, 9.17) is 4.74 Å². The molecule has 8 aromatic rings. The van der Waals surface area contributed by atoms with Crippen LogP contribution in [0.25, 0.3) is 33.0 Å². The van der Waals surface area contributed by atoms with E-state index in [1.165, 1.54) is 49.8 Å². The lowest BCUT2D eigenvalue weighted by Gasteiger charge is -2.45. The van der Waals surface area contributed by atoms with E-state index in [9.17, 15) is 0 Å². The smallest absolute Gasteiger partial charge is 0.152 e. The molecule has 0 spiro atoms. The van der Waals surface area contributed by atoms with E-state index in [0.717, 1.165) is 39.9 Å². The summed E-state index contributed by atoms with van der Waals surface area (Å²) >= 11 is 0. The quantitative estimate of drug-likeness (QED) is 0.182. The molecule has 0 fully saturated rings. The molecule has 0 N–H and O–H groups in total. The second kappa shape index (κ2) is 11.8. The fraction of sp³-hybridized carbons (Fsp3) is 0.0612. The molecular formula is C49H36N2O. The molecule has 0 atom stereocenters. The molecular weight excluding hydrogens is 633 g/mol. The number of fused-ring (bicyclic) bond motifs is 6. The average molecular weight is 669 g/mol.